The lowest BCUT2D eigenvalue weighted by molar-refractivity contribution is 0.519. The van der Waals surface area contributed by atoms with Crippen LogP contribution >= 0.6 is 23.7 Å². The fraction of sp³-hybridized carbons (Fsp3) is 0.200. The Morgan fingerprint density at radius 2 is 2.00 bits per heavy atom. The highest BCUT2D eigenvalue weighted by atomic mass is 32.2. The molecular weight excluding hydrogens is 258 g/mol. The van der Waals surface area contributed by atoms with E-state index in [4.69, 9.17) is 0 Å². The Balaban J connectivity index is 1.79. The number of nitrogens with zero attached hydrogens (tertiary/aromatic N) is 1. The van der Waals surface area contributed by atoms with Crippen LogP contribution in [-0.2, 0) is 0 Å². The predicted octanol–water partition coefficient (Wildman–Crippen LogP) is 4.41. The van der Waals surface area contributed by atoms with E-state index in [0.717, 1.165) is 5.75 Å². The summed E-state index contributed by atoms with van der Waals surface area (Å²) in [6, 6.07) is 15.7. The highest BCUT2D eigenvalue weighted by Crippen LogP contribution is 2.30. The second-order valence-corrected chi connectivity index (χ2v) is 6.54. The molecule has 3 rings (SSSR count). The standard InChI is InChI=1S/C15H15NS2/c1-16(14-8-9-17-11-14)18-15-7-6-12-4-2-3-5-13(12)10-15/h2-10,14H,11H2,1H3. The highest BCUT2D eigenvalue weighted by Gasteiger charge is 2.16. The molecule has 0 aromatic heterocycles. The second-order valence-electron chi connectivity index (χ2n) is 4.38. The Morgan fingerprint density at radius 1 is 1.17 bits per heavy atom. The topological polar surface area (TPSA) is 3.24 Å². The number of benzene rings is 2. The van der Waals surface area contributed by atoms with E-state index in [9.17, 15) is 0 Å². The van der Waals surface area contributed by atoms with E-state index >= 15 is 0 Å². The van der Waals surface area contributed by atoms with E-state index in [-0.39, 0.29) is 0 Å². The molecule has 1 atom stereocenters. The molecule has 0 radical (unpaired) electrons. The minimum atomic E-state index is 0.548. The zero-order chi connectivity index (χ0) is 12.4. The molecule has 1 unspecified atom stereocenters. The molecule has 0 N–H and O–H groups in total. The third-order valence-corrected chi connectivity index (χ3v) is 5.01. The summed E-state index contributed by atoms with van der Waals surface area (Å²) in [4.78, 5) is 1.31. The van der Waals surface area contributed by atoms with Crippen LogP contribution in [0.3, 0.4) is 0 Å². The fourth-order valence-corrected chi connectivity index (χ4v) is 3.99. The molecule has 92 valence electrons. The average molecular weight is 273 g/mol. The van der Waals surface area contributed by atoms with Crippen molar-refractivity contribution in [3.05, 3.63) is 53.9 Å². The lowest BCUT2D eigenvalue weighted by Gasteiger charge is -2.21. The average Bonchev–Trinajstić information content (AvgIpc) is 2.92. The first kappa shape index (κ1) is 12.2. The summed E-state index contributed by atoms with van der Waals surface area (Å²) < 4.78 is 2.33. The first-order valence-electron chi connectivity index (χ1n) is 6.01. The van der Waals surface area contributed by atoms with Gasteiger partial charge in [-0.1, -0.05) is 36.4 Å². The van der Waals surface area contributed by atoms with Crippen LogP contribution in [0.4, 0.5) is 0 Å². The largest absolute Gasteiger partial charge is 0.242 e. The van der Waals surface area contributed by atoms with Crippen molar-refractivity contribution in [2.45, 2.75) is 10.9 Å². The van der Waals surface area contributed by atoms with E-state index in [0.29, 0.717) is 6.04 Å². The lowest BCUT2D eigenvalue weighted by atomic mass is 10.1. The van der Waals surface area contributed by atoms with Gasteiger partial charge in [0.1, 0.15) is 0 Å². The Morgan fingerprint density at radius 3 is 2.78 bits per heavy atom. The molecule has 1 aliphatic rings. The summed E-state index contributed by atoms with van der Waals surface area (Å²) >= 11 is 3.71. The summed E-state index contributed by atoms with van der Waals surface area (Å²) in [6.45, 7) is 0. The molecule has 1 aliphatic heterocycles. The summed E-state index contributed by atoms with van der Waals surface area (Å²) in [5, 5.41) is 4.82. The van der Waals surface area contributed by atoms with E-state index in [1.807, 2.05) is 23.7 Å². The van der Waals surface area contributed by atoms with Crippen molar-refractivity contribution in [1.82, 2.24) is 4.31 Å². The number of thioether (sulfide) groups is 1. The molecule has 2 aromatic carbocycles. The molecule has 1 nitrogen and oxygen atoms in total. The van der Waals surface area contributed by atoms with Gasteiger partial charge in [0.2, 0.25) is 0 Å². The third kappa shape index (κ3) is 2.58. The summed E-state index contributed by atoms with van der Waals surface area (Å²) in [5.74, 6) is 1.16. The smallest absolute Gasteiger partial charge is 0.0484 e. The normalized spacial score (nSPS) is 18.9. The predicted molar refractivity (Wildman–Crippen MR) is 83.0 cm³/mol. The Hall–Kier alpha value is -0.900. The van der Waals surface area contributed by atoms with E-state index in [2.05, 4.69) is 65.3 Å². The molecule has 0 saturated carbocycles. The number of likely N-dealkylation sites (N-methyl/N-ethyl adjacent to an activating group) is 1. The first-order chi connectivity index (χ1) is 8.83. The first-order valence-corrected chi connectivity index (χ1v) is 7.83. The van der Waals surface area contributed by atoms with Crippen molar-refractivity contribution in [2.75, 3.05) is 12.8 Å². The van der Waals surface area contributed by atoms with Crippen LogP contribution in [0, 0.1) is 0 Å². The van der Waals surface area contributed by atoms with Gasteiger partial charge in [-0.25, -0.2) is 4.31 Å². The lowest BCUT2D eigenvalue weighted by Crippen LogP contribution is -2.23. The van der Waals surface area contributed by atoms with Crippen LogP contribution in [0.2, 0.25) is 0 Å². The van der Waals surface area contributed by atoms with Gasteiger partial charge in [-0.2, -0.15) is 0 Å². The molecule has 2 aromatic rings. The molecule has 0 aliphatic carbocycles. The van der Waals surface area contributed by atoms with Crippen molar-refractivity contribution in [3.63, 3.8) is 0 Å². The molecule has 0 fully saturated rings. The van der Waals surface area contributed by atoms with Crippen molar-refractivity contribution in [1.29, 1.82) is 0 Å². The summed E-state index contributed by atoms with van der Waals surface area (Å²) in [5.41, 5.74) is 0. The van der Waals surface area contributed by atoms with Gasteiger partial charge in [0, 0.05) is 16.7 Å². The maximum atomic E-state index is 2.33. The number of hydrogen-bond donors (Lipinski definition) is 0. The van der Waals surface area contributed by atoms with Gasteiger partial charge >= 0.3 is 0 Å². The Labute approximate surface area is 116 Å². The van der Waals surface area contributed by atoms with Gasteiger partial charge in [0.15, 0.2) is 0 Å². The Bertz CT molecular complexity index is 579. The SMILES string of the molecule is CN(Sc1ccc2ccccc2c1)C1C=CSC1. The maximum absolute atomic E-state index is 2.33. The Kier molecular flexibility index (Phi) is 3.64. The van der Waals surface area contributed by atoms with Crippen molar-refractivity contribution < 1.29 is 0 Å². The summed E-state index contributed by atoms with van der Waals surface area (Å²) in [7, 11) is 2.17. The zero-order valence-corrected chi connectivity index (χ0v) is 11.9. The van der Waals surface area contributed by atoms with Crippen molar-refractivity contribution in [3.8, 4) is 0 Å². The molecule has 0 saturated heterocycles. The second kappa shape index (κ2) is 5.39. The zero-order valence-electron chi connectivity index (χ0n) is 10.2. The minimum Gasteiger partial charge on any atom is -0.242 e. The van der Waals surface area contributed by atoms with E-state index in [1.54, 1.807) is 0 Å². The van der Waals surface area contributed by atoms with E-state index in [1.165, 1.54) is 15.7 Å². The number of hydrogen-bond acceptors (Lipinski definition) is 3. The molecule has 3 heteroatoms. The van der Waals surface area contributed by atoms with Crippen LogP contribution in [-0.4, -0.2) is 23.1 Å². The van der Waals surface area contributed by atoms with Gasteiger partial charge in [0.25, 0.3) is 0 Å². The van der Waals surface area contributed by atoms with Gasteiger partial charge in [-0.3, -0.25) is 0 Å². The van der Waals surface area contributed by atoms with Crippen LogP contribution in [0.25, 0.3) is 10.8 Å². The van der Waals surface area contributed by atoms with E-state index < -0.39 is 0 Å². The maximum Gasteiger partial charge on any atom is 0.0484 e. The van der Waals surface area contributed by atoms with Crippen molar-refractivity contribution >= 4 is 34.5 Å². The molecule has 0 amide bonds. The molecule has 0 spiro atoms. The van der Waals surface area contributed by atoms with Crippen LogP contribution in [0.5, 0.6) is 0 Å². The minimum absolute atomic E-state index is 0.548. The third-order valence-electron chi connectivity index (χ3n) is 3.10. The van der Waals surface area contributed by atoms with Gasteiger partial charge in [-0.15, -0.1) is 11.8 Å². The van der Waals surface area contributed by atoms with Gasteiger partial charge in [-0.05, 0) is 47.3 Å². The highest BCUT2D eigenvalue weighted by molar-refractivity contribution is 8.02. The molecule has 18 heavy (non-hydrogen) atoms. The van der Waals surface area contributed by atoms with Crippen molar-refractivity contribution in [2.24, 2.45) is 0 Å². The molecule has 0 bridgehead atoms. The fourth-order valence-electron chi connectivity index (χ4n) is 2.04. The van der Waals surface area contributed by atoms with Crippen LogP contribution < -0.4 is 0 Å². The van der Waals surface area contributed by atoms with Crippen LogP contribution in [0.15, 0.2) is 58.8 Å². The number of fused-ring (bicyclic) bond motifs is 1. The van der Waals surface area contributed by atoms with Gasteiger partial charge in [0.05, 0.1) is 0 Å². The summed E-state index contributed by atoms with van der Waals surface area (Å²) in [6.07, 6.45) is 2.28. The number of rotatable bonds is 3. The quantitative estimate of drug-likeness (QED) is 0.763. The molecule has 1 heterocycles. The molecular formula is C15H15NS2. The monoisotopic (exact) mass is 273 g/mol. The van der Waals surface area contributed by atoms with Gasteiger partial charge < -0.3 is 0 Å². The van der Waals surface area contributed by atoms with Crippen LogP contribution in [0.1, 0.15) is 0 Å².